The molecule has 2 heterocycles. The lowest BCUT2D eigenvalue weighted by Gasteiger charge is -2.28. The first kappa shape index (κ1) is 12.6. The monoisotopic (exact) mass is 277 g/mol. The summed E-state index contributed by atoms with van der Waals surface area (Å²) < 4.78 is 5.63. The summed E-state index contributed by atoms with van der Waals surface area (Å²) in [6.07, 6.45) is 1.21. The Morgan fingerprint density at radius 3 is 2.84 bits per heavy atom. The molecule has 2 atom stereocenters. The highest BCUT2D eigenvalue weighted by molar-refractivity contribution is 6.28. The zero-order valence-corrected chi connectivity index (χ0v) is 11.8. The molecular formula is C14H16ClN3O. The van der Waals surface area contributed by atoms with Gasteiger partial charge in [0, 0.05) is 19.0 Å². The maximum atomic E-state index is 6.03. The number of benzene rings is 1. The second-order valence-corrected chi connectivity index (χ2v) is 5.21. The van der Waals surface area contributed by atoms with Gasteiger partial charge >= 0.3 is 0 Å². The predicted molar refractivity (Wildman–Crippen MR) is 76.8 cm³/mol. The molecule has 100 valence electrons. The van der Waals surface area contributed by atoms with E-state index in [1.807, 2.05) is 31.3 Å². The summed E-state index contributed by atoms with van der Waals surface area (Å²) in [6, 6.07) is 8.25. The lowest BCUT2D eigenvalue weighted by atomic mass is 10.1. The normalized spacial score (nSPS) is 22.9. The summed E-state index contributed by atoms with van der Waals surface area (Å²) in [5.74, 6) is 0.873. The molecule has 1 aromatic heterocycles. The number of hydrogen-bond donors (Lipinski definition) is 0. The molecular weight excluding hydrogens is 262 g/mol. The van der Waals surface area contributed by atoms with Gasteiger partial charge in [-0.3, -0.25) is 0 Å². The van der Waals surface area contributed by atoms with Gasteiger partial charge in [0.1, 0.15) is 5.82 Å². The number of anilines is 1. The summed E-state index contributed by atoms with van der Waals surface area (Å²) >= 11 is 6.03. The molecule has 2 unspecified atom stereocenters. The van der Waals surface area contributed by atoms with E-state index in [4.69, 9.17) is 16.3 Å². The Kier molecular flexibility index (Phi) is 3.29. The molecule has 1 aliphatic rings. The Hall–Kier alpha value is -1.39. The summed E-state index contributed by atoms with van der Waals surface area (Å²) in [5, 5.41) is 1.31. The first-order valence-corrected chi connectivity index (χ1v) is 6.81. The fraction of sp³-hybridized carbons (Fsp3) is 0.429. The predicted octanol–water partition coefficient (Wildman–Crippen LogP) is 2.90. The minimum Gasteiger partial charge on any atom is -0.376 e. The fourth-order valence-corrected chi connectivity index (χ4v) is 2.86. The lowest BCUT2D eigenvalue weighted by molar-refractivity contribution is 0.118. The molecule has 0 saturated carbocycles. The van der Waals surface area contributed by atoms with Crippen LogP contribution in [0, 0.1) is 0 Å². The van der Waals surface area contributed by atoms with Crippen molar-refractivity contribution in [3.05, 3.63) is 29.5 Å². The number of para-hydroxylation sites is 1. The van der Waals surface area contributed by atoms with Crippen LogP contribution in [0.2, 0.25) is 5.28 Å². The molecule has 0 N–H and O–H groups in total. The first-order chi connectivity index (χ1) is 9.16. The van der Waals surface area contributed by atoms with Crippen LogP contribution >= 0.6 is 11.6 Å². The van der Waals surface area contributed by atoms with Gasteiger partial charge in [-0.1, -0.05) is 12.1 Å². The molecule has 1 aromatic carbocycles. The zero-order valence-electron chi connectivity index (χ0n) is 11.0. The van der Waals surface area contributed by atoms with Gasteiger partial charge in [-0.15, -0.1) is 0 Å². The van der Waals surface area contributed by atoms with Crippen LogP contribution < -0.4 is 4.90 Å². The van der Waals surface area contributed by atoms with Crippen LogP contribution in [0.1, 0.15) is 13.3 Å². The Balaban J connectivity index is 2.08. The van der Waals surface area contributed by atoms with Crippen molar-refractivity contribution in [2.45, 2.75) is 25.5 Å². The topological polar surface area (TPSA) is 38.2 Å². The Morgan fingerprint density at radius 2 is 2.11 bits per heavy atom. The van der Waals surface area contributed by atoms with Gasteiger partial charge < -0.3 is 9.64 Å². The van der Waals surface area contributed by atoms with Crippen molar-refractivity contribution in [1.29, 1.82) is 0 Å². The molecule has 0 bridgehead atoms. The van der Waals surface area contributed by atoms with E-state index in [2.05, 4.69) is 21.8 Å². The molecule has 0 aliphatic carbocycles. The van der Waals surface area contributed by atoms with Crippen molar-refractivity contribution in [3.8, 4) is 0 Å². The van der Waals surface area contributed by atoms with Crippen molar-refractivity contribution < 1.29 is 4.74 Å². The van der Waals surface area contributed by atoms with Gasteiger partial charge in [0.15, 0.2) is 0 Å². The molecule has 1 saturated heterocycles. The maximum Gasteiger partial charge on any atom is 0.224 e. The van der Waals surface area contributed by atoms with Crippen LogP contribution in [-0.2, 0) is 4.74 Å². The van der Waals surface area contributed by atoms with Gasteiger partial charge in [0.25, 0.3) is 0 Å². The number of aromatic nitrogens is 2. The average molecular weight is 278 g/mol. The standard InChI is InChI=1S/C14H16ClN3O/c1-9-12(7-8-19-9)18(2)13-10-5-3-4-6-11(10)16-14(15)17-13/h3-6,9,12H,7-8H2,1-2H3. The largest absolute Gasteiger partial charge is 0.376 e. The minimum absolute atomic E-state index is 0.206. The zero-order chi connectivity index (χ0) is 13.4. The number of halogens is 1. The fourth-order valence-electron chi connectivity index (χ4n) is 2.69. The number of likely N-dealkylation sites (N-methyl/N-ethyl adjacent to an activating group) is 1. The van der Waals surface area contributed by atoms with Crippen molar-refractivity contribution in [2.24, 2.45) is 0 Å². The molecule has 19 heavy (non-hydrogen) atoms. The van der Waals surface area contributed by atoms with E-state index in [-0.39, 0.29) is 11.4 Å². The van der Waals surface area contributed by atoms with Crippen molar-refractivity contribution >= 4 is 28.3 Å². The van der Waals surface area contributed by atoms with Crippen LogP contribution in [0.15, 0.2) is 24.3 Å². The van der Waals surface area contributed by atoms with Crippen molar-refractivity contribution in [2.75, 3.05) is 18.6 Å². The van der Waals surface area contributed by atoms with E-state index in [0.717, 1.165) is 29.7 Å². The van der Waals surface area contributed by atoms with Crippen LogP contribution in [0.25, 0.3) is 10.9 Å². The average Bonchev–Trinajstić information content (AvgIpc) is 2.83. The van der Waals surface area contributed by atoms with E-state index in [1.165, 1.54) is 0 Å². The highest BCUT2D eigenvalue weighted by atomic mass is 35.5. The smallest absolute Gasteiger partial charge is 0.224 e. The number of fused-ring (bicyclic) bond motifs is 1. The third-order valence-corrected chi connectivity index (χ3v) is 3.89. The molecule has 3 rings (SSSR count). The molecule has 0 amide bonds. The van der Waals surface area contributed by atoms with E-state index >= 15 is 0 Å². The van der Waals surface area contributed by atoms with Gasteiger partial charge in [0.2, 0.25) is 5.28 Å². The summed E-state index contributed by atoms with van der Waals surface area (Å²) in [4.78, 5) is 10.8. The van der Waals surface area contributed by atoms with Crippen LogP contribution in [0.5, 0.6) is 0 Å². The van der Waals surface area contributed by atoms with Crippen molar-refractivity contribution in [3.63, 3.8) is 0 Å². The SMILES string of the molecule is CC1OCCC1N(C)c1nc(Cl)nc2ccccc12. The molecule has 4 nitrogen and oxygen atoms in total. The molecule has 0 radical (unpaired) electrons. The third kappa shape index (κ3) is 2.26. The number of rotatable bonds is 2. The van der Waals surface area contributed by atoms with Gasteiger partial charge in [-0.05, 0) is 37.1 Å². The van der Waals surface area contributed by atoms with E-state index in [9.17, 15) is 0 Å². The number of nitrogens with zero attached hydrogens (tertiary/aromatic N) is 3. The summed E-state index contributed by atoms with van der Waals surface area (Å²) in [6.45, 7) is 2.89. The molecule has 0 spiro atoms. The summed E-state index contributed by atoms with van der Waals surface area (Å²) in [5.41, 5.74) is 0.871. The Bertz CT molecular complexity index is 604. The van der Waals surface area contributed by atoms with E-state index in [0.29, 0.717) is 6.04 Å². The Morgan fingerprint density at radius 1 is 1.32 bits per heavy atom. The van der Waals surface area contributed by atoms with E-state index in [1.54, 1.807) is 0 Å². The maximum absolute atomic E-state index is 6.03. The van der Waals surface area contributed by atoms with Gasteiger partial charge in [-0.25, -0.2) is 4.98 Å². The second kappa shape index (κ2) is 4.94. The molecule has 2 aromatic rings. The van der Waals surface area contributed by atoms with Crippen LogP contribution in [0.3, 0.4) is 0 Å². The quantitative estimate of drug-likeness (QED) is 0.791. The van der Waals surface area contributed by atoms with Gasteiger partial charge in [-0.2, -0.15) is 4.98 Å². The number of hydrogen-bond acceptors (Lipinski definition) is 4. The lowest BCUT2D eigenvalue weighted by Crippen LogP contribution is -2.37. The number of ether oxygens (including phenoxy) is 1. The second-order valence-electron chi connectivity index (χ2n) is 4.88. The first-order valence-electron chi connectivity index (χ1n) is 6.43. The Labute approximate surface area is 117 Å². The van der Waals surface area contributed by atoms with Gasteiger partial charge in [0.05, 0.1) is 17.7 Å². The minimum atomic E-state index is 0.206. The van der Waals surface area contributed by atoms with Crippen molar-refractivity contribution in [1.82, 2.24) is 9.97 Å². The van der Waals surface area contributed by atoms with Crippen LogP contribution in [-0.4, -0.2) is 35.8 Å². The van der Waals surface area contributed by atoms with E-state index < -0.39 is 0 Å². The molecule has 5 heteroatoms. The van der Waals surface area contributed by atoms with Crippen LogP contribution in [0.4, 0.5) is 5.82 Å². The third-order valence-electron chi connectivity index (χ3n) is 3.72. The summed E-state index contributed by atoms with van der Waals surface area (Å²) in [7, 11) is 2.04. The molecule has 1 fully saturated rings. The highest BCUT2D eigenvalue weighted by Crippen LogP contribution is 2.29. The molecule has 1 aliphatic heterocycles. The highest BCUT2D eigenvalue weighted by Gasteiger charge is 2.29.